The van der Waals surface area contributed by atoms with Gasteiger partial charge in [0.05, 0.1) is 0 Å². The maximum Gasteiger partial charge on any atom is 0.320 e. The Morgan fingerprint density at radius 3 is 2.44 bits per heavy atom. The van der Waals surface area contributed by atoms with Crippen LogP contribution >= 0.6 is 0 Å². The number of Topliss-reactive ketones (excluding diaryl/α,β-unsaturated/α-hetero) is 1. The van der Waals surface area contributed by atoms with Crippen molar-refractivity contribution in [2.24, 2.45) is 5.92 Å². The van der Waals surface area contributed by atoms with Crippen LogP contribution in [0.15, 0.2) is 12.7 Å². The van der Waals surface area contributed by atoms with Crippen molar-refractivity contribution in [3.8, 4) is 0 Å². The fourth-order valence-electron chi connectivity index (χ4n) is 2.26. The van der Waals surface area contributed by atoms with Crippen LogP contribution in [0.3, 0.4) is 0 Å². The first kappa shape index (κ1) is 14.4. The molecular weight excluding hydrogens is 236 g/mol. The van der Waals surface area contributed by atoms with E-state index in [0.717, 1.165) is 0 Å². The minimum atomic E-state index is -0.963. The van der Waals surface area contributed by atoms with Crippen molar-refractivity contribution in [3.63, 3.8) is 0 Å². The molecule has 1 heterocycles. The van der Waals surface area contributed by atoms with Gasteiger partial charge in [-0.15, -0.1) is 6.58 Å². The number of aliphatic carboxylic acids is 1. The Labute approximate surface area is 105 Å². The zero-order valence-corrected chi connectivity index (χ0v) is 10.5. The number of carbonyl (C=O) groups excluding carboxylic acids is 2. The van der Waals surface area contributed by atoms with Crippen LogP contribution in [0.25, 0.3) is 0 Å². The molecule has 0 spiro atoms. The van der Waals surface area contributed by atoms with E-state index in [1.54, 1.807) is 6.08 Å². The lowest BCUT2D eigenvalue weighted by Crippen LogP contribution is -2.54. The Balaban J connectivity index is 2.89. The van der Waals surface area contributed by atoms with Crippen LogP contribution in [-0.2, 0) is 14.4 Å². The second-order valence-corrected chi connectivity index (χ2v) is 4.51. The van der Waals surface area contributed by atoms with Gasteiger partial charge < -0.3 is 10.4 Å². The Kier molecular flexibility index (Phi) is 4.61. The molecule has 6 heteroatoms. The molecule has 18 heavy (non-hydrogen) atoms. The largest absolute Gasteiger partial charge is 0.480 e. The summed E-state index contributed by atoms with van der Waals surface area (Å²) in [5, 5.41) is 14.4. The van der Waals surface area contributed by atoms with Gasteiger partial charge in [-0.25, -0.2) is 0 Å². The number of ketones is 1. The third-order valence-electron chi connectivity index (χ3n) is 3.12. The average molecular weight is 254 g/mol. The molecule has 100 valence electrons. The summed E-state index contributed by atoms with van der Waals surface area (Å²) < 4.78 is 0. The van der Waals surface area contributed by atoms with Gasteiger partial charge in [0.25, 0.3) is 0 Å². The highest BCUT2D eigenvalue weighted by Crippen LogP contribution is 2.24. The van der Waals surface area contributed by atoms with Crippen LogP contribution < -0.4 is 10.6 Å². The molecule has 1 aliphatic rings. The van der Waals surface area contributed by atoms with Gasteiger partial charge in [0.1, 0.15) is 12.1 Å². The van der Waals surface area contributed by atoms with E-state index in [0.29, 0.717) is 6.42 Å². The van der Waals surface area contributed by atoms with Crippen molar-refractivity contribution >= 4 is 17.7 Å². The summed E-state index contributed by atoms with van der Waals surface area (Å²) in [5.41, 5.74) is 0. The van der Waals surface area contributed by atoms with Gasteiger partial charge >= 0.3 is 5.97 Å². The highest BCUT2D eigenvalue weighted by atomic mass is 16.4. The van der Waals surface area contributed by atoms with Gasteiger partial charge in [0.15, 0.2) is 5.78 Å². The van der Waals surface area contributed by atoms with E-state index in [4.69, 9.17) is 5.11 Å². The molecule has 0 saturated carbocycles. The van der Waals surface area contributed by atoms with Gasteiger partial charge in [-0.2, -0.15) is 0 Å². The minimum Gasteiger partial charge on any atom is -0.480 e. The number of rotatable bonds is 5. The van der Waals surface area contributed by atoms with E-state index >= 15 is 0 Å². The Morgan fingerprint density at radius 2 is 2.06 bits per heavy atom. The first-order valence-electron chi connectivity index (χ1n) is 5.75. The van der Waals surface area contributed by atoms with Crippen molar-refractivity contribution in [3.05, 3.63) is 12.7 Å². The lowest BCUT2D eigenvalue weighted by Gasteiger charge is -2.25. The number of hydrogen-bond acceptors (Lipinski definition) is 4. The second kappa shape index (κ2) is 5.77. The molecule has 1 unspecified atom stereocenters. The molecule has 0 radical (unpaired) electrons. The second-order valence-electron chi connectivity index (χ2n) is 4.51. The third-order valence-corrected chi connectivity index (χ3v) is 3.12. The maximum atomic E-state index is 11.6. The van der Waals surface area contributed by atoms with E-state index in [2.05, 4.69) is 17.2 Å². The van der Waals surface area contributed by atoms with Gasteiger partial charge in [-0.3, -0.25) is 19.7 Å². The molecule has 1 amide bonds. The van der Waals surface area contributed by atoms with E-state index < -0.39 is 24.1 Å². The Hall–Kier alpha value is -1.69. The highest BCUT2D eigenvalue weighted by molar-refractivity contribution is 5.87. The van der Waals surface area contributed by atoms with Crippen LogP contribution in [0.2, 0.25) is 0 Å². The van der Waals surface area contributed by atoms with Crippen molar-refractivity contribution in [2.75, 3.05) is 0 Å². The zero-order chi connectivity index (χ0) is 13.9. The fraction of sp³-hybridized carbons (Fsp3) is 0.583. The first-order valence-corrected chi connectivity index (χ1v) is 5.75. The number of carbonyl (C=O) groups is 3. The van der Waals surface area contributed by atoms with Crippen LogP contribution in [-0.4, -0.2) is 40.9 Å². The Bertz CT molecular complexity index is 380. The van der Waals surface area contributed by atoms with Crippen LogP contribution in [0.4, 0.5) is 0 Å². The van der Waals surface area contributed by atoms with Gasteiger partial charge in [0, 0.05) is 13.0 Å². The summed E-state index contributed by atoms with van der Waals surface area (Å²) in [6.45, 7) is 6.34. The molecule has 0 aliphatic carbocycles. The topological polar surface area (TPSA) is 95.5 Å². The van der Waals surface area contributed by atoms with Gasteiger partial charge in [-0.1, -0.05) is 6.08 Å². The quantitative estimate of drug-likeness (QED) is 0.585. The fourth-order valence-corrected chi connectivity index (χ4v) is 2.26. The standard InChI is InChI=1S/C12H18N2O4/c1-4-8-5-9(12(17)18)14-11(8)10(6(2)15)13-7(3)16/h4,8-11,14H,1,5H2,2-3H3,(H,13,16)(H,17,18)/t8-,9-,10+,11?/m1/s1. The van der Waals surface area contributed by atoms with Crippen molar-refractivity contribution in [1.29, 1.82) is 0 Å². The summed E-state index contributed by atoms with van der Waals surface area (Å²) in [4.78, 5) is 33.6. The number of nitrogens with one attached hydrogen (secondary N) is 2. The predicted molar refractivity (Wildman–Crippen MR) is 64.9 cm³/mol. The van der Waals surface area contributed by atoms with E-state index in [9.17, 15) is 14.4 Å². The maximum absolute atomic E-state index is 11.6. The number of hydrogen-bond donors (Lipinski definition) is 3. The lowest BCUT2D eigenvalue weighted by atomic mass is 9.92. The highest BCUT2D eigenvalue weighted by Gasteiger charge is 2.41. The van der Waals surface area contributed by atoms with Crippen LogP contribution in [0, 0.1) is 5.92 Å². The normalized spacial score (nSPS) is 28.4. The molecular formula is C12H18N2O4. The first-order chi connectivity index (χ1) is 8.36. The molecule has 1 aliphatic heterocycles. The smallest absolute Gasteiger partial charge is 0.320 e. The minimum absolute atomic E-state index is 0.160. The van der Waals surface area contributed by atoms with Gasteiger partial charge in [-0.05, 0) is 19.3 Å². The molecule has 1 rings (SSSR count). The summed E-state index contributed by atoms with van der Waals surface area (Å²) in [7, 11) is 0. The molecule has 3 N–H and O–H groups in total. The molecule has 0 bridgehead atoms. The lowest BCUT2D eigenvalue weighted by molar-refractivity contribution is -0.139. The van der Waals surface area contributed by atoms with Crippen LogP contribution in [0.1, 0.15) is 20.3 Å². The molecule has 1 saturated heterocycles. The SMILES string of the molecule is C=C[C@@H]1C[C@H](C(=O)O)NC1[C@@H](NC(C)=O)C(C)=O. The number of carboxylic acid groups (broad SMARTS) is 1. The molecule has 6 nitrogen and oxygen atoms in total. The van der Waals surface area contributed by atoms with E-state index in [-0.39, 0.29) is 17.6 Å². The third kappa shape index (κ3) is 3.16. The molecule has 0 aromatic rings. The summed E-state index contributed by atoms with van der Waals surface area (Å²) in [6.07, 6.45) is 1.99. The predicted octanol–water partition coefficient (Wildman–Crippen LogP) is -0.303. The summed E-state index contributed by atoms with van der Waals surface area (Å²) in [6, 6.07) is -1.87. The van der Waals surface area contributed by atoms with Crippen molar-refractivity contribution < 1.29 is 19.5 Å². The van der Waals surface area contributed by atoms with Crippen molar-refractivity contribution in [1.82, 2.24) is 10.6 Å². The summed E-state index contributed by atoms with van der Waals surface area (Å²) in [5.74, 6) is -1.65. The molecule has 0 aromatic carbocycles. The van der Waals surface area contributed by atoms with Crippen molar-refractivity contribution in [2.45, 2.75) is 38.4 Å². The number of carboxylic acids is 1. The molecule has 0 aromatic heterocycles. The Morgan fingerprint density at radius 1 is 1.44 bits per heavy atom. The zero-order valence-electron chi connectivity index (χ0n) is 10.5. The van der Waals surface area contributed by atoms with E-state index in [1.165, 1.54) is 13.8 Å². The summed E-state index contributed by atoms with van der Waals surface area (Å²) >= 11 is 0. The monoisotopic (exact) mass is 254 g/mol. The molecule has 1 fully saturated rings. The number of amides is 1. The average Bonchev–Trinajstić information content (AvgIpc) is 2.68. The van der Waals surface area contributed by atoms with Crippen LogP contribution in [0.5, 0.6) is 0 Å². The van der Waals surface area contributed by atoms with Gasteiger partial charge in [0.2, 0.25) is 5.91 Å². The molecule has 4 atom stereocenters. The van der Waals surface area contributed by atoms with E-state index in [1.807, 2.05) is 0 Å².